The lowest BCUT2D eigenvalue weighted by molar-refractivity contribution is 0.440. The summed E-state index contributed by atoms with van der Waals surface area (Å²) >= 11 is 2.03. The molecule has 0 fully saturated rings. The Morgan fingerprint density at radius 3 is 2.29 bits per heavy atom. The van der Waals surface area contributed by atoms with Gasteiger partial charge in [0.05, 0.1) is 11.4 Å². The number of thioether (sulfide) groups is 1. The van der Waals surface area contributed by atoms with Crippen LogP contribution in [0.15, 0.2) is 0 Å². The lowest BCUT2D eigenvalue weighted by Gasteiger charge is -2.26. The van der Waals surface area contributed by atoms with E-state index < -0.39 is 0 Å². The molecule has 17 heavy (non-hydrogen) atoms. The van der Waals surface area contributed by atoms with Gasteiger partial charge in [0.25, 0.3) is 0 Å². The molecule has 0 atom stereocenters. The lowest BCUT2D eigenvalue weighted by Crippen LogP contribution is -2.28. The summed E-state index contributed by atoms with van der Waals surface area (Å²) in [4.78, 5) is 0. The molecule has 0 spiro atoms. The topological polar surface area (TPSA) is 30.7 Å². The van der Waals surface area contributed by atoms with Crippen molar-refractivity contribution >= 4 is 11.8 Å². The van der Waals surface area contributed by atoms with Gasteiger partial charge in [-0.15, -0.1) is 5.10 Å². The Kier molecular flexibility index (Phi) is 3.05. The summed E-state index contributed by atoms with van der Waals surface area (Å²) in [5, 5.41) is 8.87. The van der Waals surface area contributed by atoms with Gasteiger partial charge >= 0.3 is 0 Å². The van der Waals surface area contributed by atoms with Crippen LogP contribution in [0.2, 0.25) is 0 Å². The molecule has 0 saturated carbocycles. The maximum atomic E-state index is 4.49. The summed E-state index contributed by atoms with van der Waals surface area (Å²) in [6.07, 6.45) is 0. The summed E-state index contributed by atoms with van der Waals surface area (Å²) in [5.41, 5.74) is 2.81. The van der Waals surface area contributed by atoms with Crippen LogP contribution in [0.1, 0.15) is 59.0 Å². The highest BCUT2D eigenvalue weighted by Gasteiger charge is 2.40. The minimum atomic E-state index is 0.126. The number of aromatic nitrogens is 3. The SMILES string of the molecule is CC(C)n1nnc2c1C(C)(C)CSCC2(C)C. The van der Waals surface area contributed by atoms with E-state index >= 15 is 0 Å². The van der Waals surface area contributed by atoms with Crippen molar-refractivity contribution < 1.29 is 0 Å². The van der Waals surface area contributed by atoms with Gasteiger partial charge < -0.3 is 0 Å². The third-order valence-electron chi connectivity index (χ3n) is 3.39. The first-order chi connectivity index (χ1) is 7.76. The Morgan fingerprint density at radius 1 is 1.12 bits per heavy atom. The van der Waals surface area contributed by atoms with Crippen molar-refractivity contribution in [2.24, 2.45) is 0 Å². The molecular weight excluding hydrogens is 230 g/mol. The van der Waals surface area contributed by atoms with Crippen molar-refractivity contribution in [1.29, 1.82) is 0 Å². The van der Waals surface area contributed by atoms with Gasteiger partial charge in [-0.2, -0.15) is 11.8 Å². The first kappa shape index (κ1) is 12.9. The fourth-order valence-electron chi connectivity index (χ4n) is 2.44. The van der Waals surface area contributed by atoms with E-state index in [0.717, 1.165) is 11.5 Å². The van der Waals surface area contributed by atoms with Crippen molar-refractivity contribution in [3.63, 3.8) is 0 Å². The van der Waals surface area contributed by atoms with Crippen molar-refractivity contribution in [2.75, 3.05) is 11.5 Å². The quantitative estimate of drug-likeness (QED) is 0.770. The van der Waals surface area contributed by atoms with E-state index in [2.05, 4.69) is 56.5 Å². The molecule has 2 rings (SSSR count). The third kappa shape index (κ3) is 2.12. The van der Waals surface area contributed by atoms with Crippen molar-refractivity contribution in [2.45, 2.75) is 58.4 Å². The second-order valence-corrected chi connectivity index (χ2v) is 7.57. The van der Waals surface area contributed by atoms with E-state index in [4.69, 9.17) is 0 Å². The normalized spacial score (nSPS) is 22.3. The molecule has 1 aromatic heterocycles. The van der Waals surface area contributed by atoms with Crippen LogP contribution in [-0.2, 0) is 10.8 Å². The monoisotopic (exact) mass is 253 g/mol. The molecule has 3 nitrogen and oxygen atoms in total. The molecule has 0 amide bonds. The van der Waals surface area contributed by atoms with Crippen LogP contribution in [0.4, 0.5) is 0 Å². The van der Waals surface area contributed by atoms with E-state index in [1.165, 1.54) is 11.4 Å². The Morgan fingerprint density at radius 2 is 1.71 bits per heavy atom. The van der Waals surface area contributed by atoms with Gasteiger partial charge in [-0.1, -0.05) is 32.9 Å². The maximum absolute atomic E-state index is 4.49. The highest BCUT2D eigenvalue weighted by Crippen LogP contribution is 2.41. The van der Waals surface area contributed by atoms with Crippen LogP contribution in [0.5, 0.6) is 0 Å². The van der Waals surface area contributed by atoms with Gasteiger partial charge in [0.1, 0.15) is 0 Å². The van der Waals surface area contributed by atoms with Crippen LogP contribution in [-0.4, -0.2) is 26.5 Å². The maximum Gasteiger partial charge on any atom is 0.0929 e. The summed E-state index contributed by atoms with van der Waals surface area (Å²) < 4.78 is 2.11. The van der Waals surface area contributed by atoms with E-state index in [-0.39, 0.29) is 10.8 Å². The third-order valence-corrected chi connectivity index (χ3v) is 5.24. The highest BCUT2D eigenvalue weighted by molar-refractivity contribution is 7.99. The average molecular weight is 253 g/mol. The van der Waals surface area contributed by atoms with E-state index in [0.29, 0.717) is 6.04 Å². The number of hydrogen-bond donors (Lipinski definition) is 0. The molecule has 0 aromatic carbocycles. The summed E-state index contributed by atoms with van der Waals surface area (Å²) in [6.45, 7) is 13.5. The smallest absolute Gasteiger partial charge is 0.0929 e. The first-order valence-electron chi connectivity index (χ1n) is 6.29. The summed E-state index contributed by atoms with van der Waals surface area (Å²) in [7, 11) is 0. The number of nitrogens with zero attached hydrogens (tertiary/aromatic N) is 3. The van der Waals surface area contributed by atoms with E-state index in [9.17, 15) is 0 Å². The molecule has 1 aromatic rings. The van der Waals surface area contributed by atoms with Crippen LogP contribution >= 0.6 is 11.8 Å². The predicted molar refractivity (Wildman–Crippen MR) is 73.8 cm³/mol. The fourth-order valence-corrected chi connectivity index (χ4v) is 3.84. The van der Waals surface area contributed by atoms with Crippen molar-refractivity contribution in [3.8, 4) is 0 Å². The Balaban J connectivity index is 2.64. The molecule has 0 bridgehead atoms. The zero-order valence-electron chi connectivity index (χ0n) is 11.7. The average Bonchev–Trinajstić information content (AvgIpc) is 2.58. The molecular formula is C13H23N3S. The van der Waals surface area contributed by atoms with Gasteiger partial charge in [-0.05, 0) is 13.8 Å². The lowest BCUT2D eigenvalue weighted by atomic mass is 9.82. The summed E-state index contributed by atoms with van der Waals surface area (Å²) in [5.74, 6) is 2.27. The largest absolute Gasteiger partial charge is 0.246 e. The minimum absolute atomic E-state index is 0.126. The number of rotatable bonds is 1. The van der Waals surface area contributed by atoms with Crippen molar-refractivity contribution in [1.82, 2.24) is 15.0 Å². The molecule has 0 unspecified atom stereocenters. The van der Waals surface area contributed by atoms with E-state index in [1.54, 1.807) is 0 Å². The zero-order chi connectivity index (χ0) is 12.8. The molecule has 0 saturated heterocycles. The number of fused-ring (bicyclic) bond motifs is 1. The number of hydrogen-bond acceptors (Lipinski definition) is 3. The van der Waals surface area contributed by atoms with Gasteiger partial charge in [0.15, 0.2) is 0 Å². The predicted octanol–water partition coefficient (Wildman–Crippen LogP) is 3.16. The molecule has 1 aliphatic rings. The fraction of sp³-hybridized carbons (Fsp3) is 0.846. The molecule has 2 heterocycles. The second kappa shape index (κ2) is 4.01. The Bertz CT molecular complexity index is 418. The molecule has 1 aliphatic heterocycles. The highest BCUT2D eigenvalue weighted by atomic mass is 32.2. The molecule has 0 radical (unpaired) electrons. The Hall–Kier alpha value is -0.510. The van der Waals surface area contributed by atoms with E-state index in [1.807, 2.05) is 11.8 Å². The van der Waals surface area contributed by atoms with Crippen molar-refractivity contribution in [3.05, 3.63) is 11.4 Å². The molecule has 4 heteroatoms. The molecule has 96 valence electrons. The van der Waals surface area contributed by atoms with Crippen LogP contribution < -0.4 is 0 Å². The van der Waals surface area contributed by atoms with Gasteiger partial charge in [-0.25, -0.2) is 4.68 Å². The second-order valence-electron chi connectivity index (χ2n) is 6.59. The molecule has 0 N–H and O–H groups in total. The minimum Gasteiger partial charge on any atom is -0.246 e. The standard InChI is InChI=1S/C13H23N3S/c1-9(2)16-11-10(14-15-16)12(3,4)7-17-8-13(11,5)6/h9H,7-8H2,1-6H3. The van der Waals surface area contributed by atoms with Gasteiger partial charge in [0.2, 0.25) is 0 Å². The molecule has 0 aliphatic carbocycles. The van der Waals surface area contributed by atoms with Crippen LogP contribution in [0, 0.1) is 0 Å². The Labute approximate surface area is 108 Å². The first-order valence-corrected chi connectivity index (χ1v) is 7.45. The zero-order valence-corrected chi connectivity index (χ0v) is 12.6. The summed E-state index contributed by atoms with van der Waals surface area (Å²) in [6, 6.07) is 0.379. The van der Waals surface area contributed by atoms with Gasteiger partial charge in [-0.3, -0.25) is 0 Å². The van der Waals surface area contributed by atoms with Gasteiger partial charge in [0, 0.05) is 28.4 Å². The van der Waals surface area contributed by atoms with Crippen LogP contribution in [0.25, 0.3) is 0 Å². The van der Waals surface area contributed by atoms with Crippen LogP contribution in [0.3, 0.4) is 0 Å².